The highest BCUT2D eigenvalue weighted by Gasteiger charge is 2.54. The molecular weight excluding hydrogens is 304 g/mol. The fraction of sp³-hybridized carbons (Fsp3) is 0.526. The van der Waals surface area contributed by atoms with E-state index in [1.54, 1.807) is 4.90 Å². The van der Waals surface area contributed by atoms with Crippen molar-refractivity contribution in [3.05, 3.63) is 35.4 Å². The topological polar surface area (TPSA) is 57.7 Å². The molecule has 128 valence electrons. The van der Waals surface area contributed by atoms with Crippen molar-refractivity contribution in [2.45, 2.75) is 32.6 Å². The fourth-order valence-corrected chi connectivity index (χ4v) is 3.60. The number of hydrogen-bond donors (Lipinski definition) is 0. The number of likely N-dealkylation sites (tertiary alicyclic amines) is 2. The smallest absolute Gasteiger partial charge is 0.227 e. The van der Waals surface area contributed by atoms with Crippen LogP contribution in [0.2, 0.25) is 0 Å². The second kappa shape index (κ2) is 6.75. The fourth-order valence-electron chi connectivity index (χ4n) is 3.60. The van der Waals surface area contributed by atoms with E-state index in [0.717, 1.165) is 44.4 Å². The number of aryl methyl sites for hydroxylation is 1. The molecule has 0 radical (unpaired) electrons. The Morgan fingerprint density at radius 3 is 2.08 bits per heavy atom. The van der Waals surface area contributed by atoms with Gasteiger partial charge in [0, 0.05) is 44.4 Å². The van der Waals surface area contributed by atoms with Gasteiger partial charge in [0.25, 0.3) is 0 Å². The van der Waals surface area contributed by atoms with Crippen LogP contribution in [0, 0.1) is 5.41 Å². The van der Waals surface area contributed by atoms with E-state index in [0.29, 0.717) is 19.3 Å². The van der Waals surface area contributed by atoms with Gasteiger partial charge in [-0.25, -0.2) is 0 Å². The minimum absolute atomic E-state index is 0.0496. The molecule has 3 rings (SSSR count). The van der Waals surface area contributed by atoms with Gasteiger partial charge in [-0.1, -0.05) is 31.2 Å². The predicted octanol–water partition coefficient (Wildman–Crippen LogP) is 1.44. The van der Waals surface area contributed by atoms with Crippen LogP contribution in [0.4, 0.5) is 0 Å². The van der Waals surface area contributed by atoms with Crippen LogP contribution >= 0.6 is 0 Å². The third-order valence-electron chi connectivity index (χ3n) is 5.07. The van der Waals surface area contributed by atoms with Crippen molar-refractivity contribution < 1.29 is 14.4 Å². The van der Waals surface area contributed by atoms with Crippen LogP contribution < -0.4 is 0 Å². The summed E-state index contributed by atoms with van der Waals surface area (Å²) >= 11 is 0. The van der Waals surface area contributed by atoms with E-state index in [2.05, 4.69) is 19.1 Å². The maximum atomic E-state index is 12.3. The summed E-state index contributed by atoms with van der Waals surface area (Å²) in [5, 5.41) is 0. The first kappa shape index (κ1) is 16.7. The number of nitrogens with zero attached hydrogens (tertiary/aromatic N) is 2. The predicted molar refractivity (Wildman–Crippen MR) is 90.4 cm³/mol. The van der Waals surface area contributed by atoms with E-state index in [-0.39, 0.29) is 17.2 Å². The van der Waals surface area contributed by atoms with E-state index in [1.807, 2.05) is 17.0 Å². The van der Waals surface area contributed by atoms with Gasteiger partial charge >= 0.3 is 0 Å². The average molecular weight is 328 g/mol. The van der Waals surface area contributed by atoms with Gasteiger partial charge in [-0.3, -0.25) is 9.59 Å². The Labute approximate surface area is 142 Å². The third kappa shape index (κ3) is 3.35. The molecule has 0 saturated carbocycles. The first-order valence-corrected chi connectivity index (χ1v) is 8.62. The molecule has 2 aliphatic heterocycles. The zero-order valence-corrected chi connectivity index (χ0v) is 14.2. The molecule has 2 amide bonds. The second-order valence-electron chi connectivity index (χ2n) is 7.05. The number of amides is 2. The van der Waals surface area contributed by atoms with Gasteiger partial charge in [0.1, 0.15) is 6.29 Å². The van der Waals surface area contributed by atoms with E-state index >= 15 is 0 Å². The summed E-state index contributed by atoms with van der Waals surface area (Å²) in [7, 11) is 0. The zero-order chi connectivity index (χ0) is 17.2. The van der Waals surface area contributed by atoms with Gasteiger partial charge in [-0.2, -0.15) is 0 Å². The second-order valence-corrected chi connectivity index (χ2v) is 7.05. The van der Waals surface area contributed by atoms with Crippen molar-refractivity contribution in [3.8, 4) is 0 Å². The highest BCUT2D eigenvalue weighted by molar-refractivity contribution is 5.81. The highest BCUT2D eigenvalue weighted by atomic mass is 16.2. The molecule has 1 aromatic carbocycles. The molecule has 24 heavy (non-hydrogen) atoms. The Bertz CT molecular complexity index is 625. The normalized spacial score (nSPS) is 18.0. The Hall–Kier alpha value is -2.17. The zero-order valence-electron chi connectivity index (χ0n) is 14.2. The molecule has 0 aromatic heterocycles. The molecule has 5 heteroatoms. The van der Waals surface area contributed by atoms with E-state index in [9.17, 15) is 14.4 Å². The maximum absolute atomic E-state index is 12.3. The third-order valence-corrected chi connectivity index (χ3v) is 5.07. The van der Waals surface area contributed by atoms with Gasteiger partial charge in [0.15, 0.2) is 0 Å². The first-order chi connectivity index (χ1) is 11.5. The molecule has 0 unspecified atom stereocenters. The maximum Gasteiger partial charge on any atom is 0.227 e. The lowest BCUT2D eigenvalue weighted by molar-refractivity contribution is -0.168. The summed E-state index contributed by atoms with van der Waals surface area (Å²) in [6.45, 7) is 5.05. The van der Waals surface area contributed by atoms with Crippen molar-refractivity contribution in [2.75, 3.05) is 26.2 Å². The highest BCUT2D eigenvalue weighted by Crippen LogP contribution is 2.40. The van der Waals surface area contributed by atoms with E-state index in [1.165, 1.54) is 5.56 Å². The first-order valence-electron chi connectivity index (χ1n) is 8.62. The van der Waals surface area contributed by atoms with Gasteiger partial charge in [-0.15, -0.1) is 0 Å². The molecule has 0 aliphatic carbocycles. The van der Waals surface area contributed by atoms with E-state index in [4.69, 9.17) is 0 Å². The Morgan fingerprint density at radius 1 is 1.00 bits per heavy atom. The number of carbonyl (C=O) groups is 3. The van der Waals surface area contributed by atoms with Gasteiger partial charge in [-0.05, 0) is 17.5 Å². The van der Waals surface area contributed by atoms with Crippen molar-refractivity contribution in [3.63, 3.8) is 0 Å². The molecule has 0 N–H and O–H groups in total. The van der Waals surface area contributed by atoms with E-state index < -0.39 is 0 Å². The molecule has 1 aromatic rings. The lowest BCUT2D eigenvalue weighted by Crippen LogP contribution is -2.73. The molecule has 1 spiro atoms. The van der Waals surface area contributed by atoms with Crippen LogP contribution in [0.25, 0.3) is 0 Å². The molecule has 2 heterocycles. The van der Waals surface area contributed by atoms with Crippen LogP contribution in [-0.2, 0) is 27.2 Å². The number of carbonyl (C=O) groups excluding carboxylic acids is 3. The van der Waals surface area contributed by atoms with Gasteiger partial charge in [0.2, 0.25) is 11.8 Å². The minimum atomic E-state index is 0.0496. The minimum Gasteiger partial charge on any atom is -0.341 e. The molecule has 2 aliphatic rings. The van der Waals surface area contributed by atoms with Crippen LogP contribution in [0.5, 0.6) is 0 Å². The SMILES string of the molecule is CCc1ccc(CC(=O)N2CC3(CN(C(=O)CCC=O)C3)C2)cc1. The molecule has 2 fully saturated rings. The van der Waals surface area contributed by atoms with Gasteiger partial charge in [0.05, 0.1) is 6.42 Å². The lowest BCUT2D eigenvalue weighted by atomic mass is 9.72. The molecule has 5 nitrogen and oxygen atoms in total. The van der Waals surface area contributed by atoms with Crippen LogP contribution in [-0.4, -0.2) is 54.1 Å². The summed E-state index contributed by atoms with van der Waals surface area (Å²) in [6, 6.07) is 8.22. The largest absolute Gasteiger partial charge is 0.341 e. The molecule has 0 bridgehead atoms. The Kier molecular flexibility index (Phi) is 4.69. The quantitative estimate of drug-likeness (QED) is 0.743. The summed E-state index contributed by atoms with van der Waals surface area (Å²) < 4.78 is 0. The Morgan fingerprint density at radius 2 is 1.54 bits per heavy atom. The molecular formula is C19H24N2O3. The number of hydrogen-bond acceptors (Lipinski definition) is 3. The average Bonchev–Trinajstić information content (AvgIpc) is 2.51. The molecule has 0 atom stereocenters. The van der Waals surface area contributed by atoms with Gasteiger partial charge < -0.3 is 14.6 Å². The van der Waals surface area contributed by atoms with Crippen molar-refractivity contribution in [2.24, 2.45) is 5.41 Å². The lowest BCUT2D eigenvalue weighted by Gasteiger charge is -2.60. The van der Waals surface area contributed by atoms with Crippen molar-refractivity contribution >= 4 is 18.1 Å². The summed E-state index contributed by atoms with van der Waals surface area (Å²) in [6.07, 6.45) is 2.83. The summed E-state index contributed by atoms with van der Waals surface area (Å²) in [5.74, 6) is 0.212. The van der Waals surface area contributed by atoms with Crippen molar-refractivity contribution in [1.29, 1.82) is 0 Å². The standard InChI is InChI=1S/C19H24N2O3/c1-2-15-5-7-16(8-6-15)10-18(24)21-13-19(14-21)11-20(12-19)17(23)4-3-9-22/h5-9H,2-4,10-14H2,1H3. The van der Waals surface area contributed by atoms with Crippen LogP contribution in [0.15, 0.2) is 24.3 Å². The number of benzene rings is 1. The van der Waals surface area contributed by atoms with Crippen molar-refractivity contribution in [1.82, 2.24) is 9.80 Å². The number of rotatable bonds is 6. The number of aldehydes is 1. The molecule has 2 saturated heterocycles. The van der Waals surface area contributed by atoms with Crippen LogP contribution in [0.3, 0.4) is 0 Å². The Balaban J connectivity index is 1.42. The monoisotopic (exact) mass is 328 g/mol. The summed E-state index contributed by atoms with van der Waals surface area (Å²) in [4.78, 5) is 38.2. The summed E-state index contributed by atoms with van der Waals surface area (Å²) in [5.41, 5.74) is 2.44. The van der Waals surface area contributed by atoms with Crippen LogP contribution in [0.1, 0.15) is 30.9 Å².